The van der Waals surface area contributed by atoms with Crippen LogP contribution in [-0.2, 0) is 0 Å². The molecule has 0 atom stereocenters. The SMILES string of the molecule is COc1cc2oc3ccccc3c2cc1Nc1ncnc2c(OC)c(OC)c(OC)cc12.Cl.Cl. The van der Waals surface area contributed by atoms with E-state index in [2.05, 4.69) is 15.3 Å². The minimum absolute atomic E-state index is 0. The van der Waals surface area contributed by atoms with E-state index in [4.69, 9.17) is 23.4 Å². The maximum absolute atomic E-state index is 5.98. The molecule has 0 aliphatic carbocycles. The molecule has 0 unspecified atom stereocenters. The Kier molecular flexibility index (Phi) is 7.44. The first kappa shape index (κ1) is 25.0. The van der Waals surface area contributed by atoms with Crippen molar-refractivity contribution in [1.82, 2.24) is 9.97 Å². The number of hydrogen-bond donors (Lipinski definition) is 1. The number of rotatable bonds is 6. The second kappa shape index (κ2) is 10.1. The third-order valence-corrected chi connectivity index (χ3v) is 5.38. The van der Waals surface area contributed by atoms with Gasteiger partial charge in [0, 0.05) is 16.8 Å². The molecular weight excluding hydrogens is 481 g/mol. The predicted molar refractivity (Wildman–Crippen MR) is 137 cm³/mol. The highest BCUT2D eigenvalue weighted by molar-refractivity contribution is 6.07. The molecule has 10 heteroatoms. The molecule has 0 aliphatic heterocycles. The summed E-state index contributed by atoms with van der Waals surface area (Å²) in [6, 6.07) is 13.6. The molecule has 0 bridgehead atoms. The molecular formula is C24H23Cl2N3O5. The fourth-order valence-electron chi connectivity index (χ4n) is 3.91. The van der Waals surface area contributed by atoms with Crippen LogP contribution in [0.3, 0.4) is 0 Å². The lowest BCUT2D eigenvalue weighted by Crippen LogP contribution is -2.01. The summed E-state index contributed by atoms with van der Waals surface area (Å²) in [7, 11) is 6.31. The molecule has 0 amide bonds. The molecule has 0 spiro atoms. The van der Waals surface area contributed by atoms with Gasteiger partial charge in [0.2, 0.25) is 5.75 Å². The van der Waals surface area contributed by atoms with Gasteiger partial charge in [0.25, 0.3) is 0 Å². The highest BCUT2D eigenvalue weighted by atomic mass is 35.5. The molecule has 0 saturated heterocycles. The molecule has 3 aromatic carbocycles. The summed E-state index contributed by atoms with van der Waals surface area (Å²) in [5, 5.41) is 6.09. The number of furan rings is 1. The zero-order chi connectivity index (χ0) is 22.2. The van der Waals surface area contributed by atoms with Crippen LogP contribution in [0.1, 0.15) is 0 Å². The molecule has 0 saturated carbocycles. The molecule has 2 heterocycles. The summed E-state index contributed by atoms with van der Waals surface area (Å²) in [5.41, 5.74) is 2.89. The zero-order valence-corrected chi connectivity index (χ0v) is 20.5. The lowest BCUT2D eigenvalue weighted by molar-refractivity contribution is 0.327. The first-order chi connectivity index (χ1) is 15.7. The lowest BCUT2D eigenvalue weighted by Gasteiger charge is -2.16. The van der Waals surface area contributed by atoms with E-state index in [1.165, 1.54) is 6.33 Å². The Morgan fingerprint density at radius 1 is 0.706 bits per heavy atom. The minimum Gasteiger partial charge on any atom is -0.494 e. The minimum atomic E-state index is 0. The largest absolute Gasteiger partial charge is 0.494 e. The van der Waals surface area contributed by atoms with Gasteiger partial charge in [-0.3, -0.25) is 0 Å². The van der Waals surface area contributed by atoms with E-state index in [9.17, 15) is 0 Å². The summed E-state index contributed by atoms with van der Waals surface area (Å²) < 4.78 is 28.2. The Hall–Kier alpha value is -3.62. The van der Waals surface area contributed by atoms with E-state index in [1.54, 1.807) is 28.4 Å². The predicted octanol–water partition coefficient (Wildman–Crippen LogP) is 6.15. The number of nitrogens with one attached hydrogen (secondary N) is 1. The van der Waals surface area contributed by atoms with Crippen LogP contribution >= 0.6 is 24.8 Å². The quantitative estimate of drug-likeness (QED) is 0.295. The highest BCUT2D eigenvalue weighted by Gasteiger charge is 2.20. The van der Waals surface area contributed by atoms with Gasteiger partial charge in [-0.25, -0.2) is 9.97 Å². The summed E-state index contributed by atoms with van der Waals surface area (Å²) in [5.74, 6) is 2.64. The van der Waals surface area contributed by atoms with Crippen LogP contribution in [-0.4, -0.2) is 38.4 Å². The summed E-state index contributed by atoms with van der Waals surface area (Å²) in [6.07, 6.45) is 1.47. The number of methoxy groups -OCH3 is 4. The summed E-state index contributed by atoms with van der Waals surface area (Å²) in [4.78, 5) is 8.87. The van der Waals surface area contributed by atoms with Crippen LogP contribution < -0.4 is 24.3 Å². The second-order valence-electron chi connectivity index (χ2n) is 7.04. The standard InChI is InChI=1S/C24H21N3O5.2ClH/c1-28-19-11-18-14(13-7-5-6-8-17(13)32-18)9-16(19)27-24-15-10-20(29-2)22(30-3)23(31-4)21(15)25-12-26-24;;/h5-12H,1-4H3,(H,25,26,27);2*1H. The number of benzene rings is 3. The fourth-order valence-corrected chi connectivity index (χ4v) is 3.91. The third-order valence-electron chi connectivity index (χ3n) is 5.38. The van der Waals surface area contributed by atoms with Gasteiger partial charge in [0.1, 0.15) is 34.6 Å². The number of hydrogen-bond acceptors (Lipinski definition) is 8. The first-order valence-electron chi connectivity index (χ1n) is 9.88. The Morgan fingerprint density at radius 3 is 2.15 bits per heavy atom. The molecule has 5 rings (SSSR count). The molecule has 0 radical (unpaired) electrons. The number of aromatic nitrogens is 2. The van der Waals surface area contributed by atoms with Crippen molar-refractivity contribution in [2.24, 2.45) is 0 Å². The van der Waals surface area contributed by atoms with E-state index in [0.29, 0.717) is 39.7 Å². The molecule has 0 fully saturated rings. The molecule has 2 aromatic heterocycles. The maximum atomic E-state index is 5.98. The first-order valence-corrected chi connectivity index (χ1v) is 9.88. The molecule has 5 aromatic rings. The van der Waals surface area contributed by atoms with Crippen molar-refractivity contribution in [3.05, 3.63) is 48.8 Å². The van der Waals surface area contributed by atoms with Gasteiger partial charge >= 0.3 is 0 Å². The van der Waals surface area contributed by atoms with Gasteiger partial charge in [0.15, 0.2) is 11.5 Å². The Balaban J connectivity index is 0.00000162. The van der Waals surface area contributed by atoms with Crippen LogP contribution in [0, 0.1) is 0 Å². The average Bonchev–Trinajstić information content (AvgIpc) is 3.19. The lowest BCUT2D eigenvalue weighted by atomic mass is 10.1. The average molecular weight is 504 g/mol. The van der Waals surface area contributed by atoms with Crippen molar-refractivity contribution in [2.45, 2.75) is 0 Å². The molecule has 1 N–H and O–H groups in total. The number of nitrogens with zero attached hydrogens (tertiary/aromatic N) is 2. The number of anilines is 2. The molecule has 34 heavy (non-hydrogen) atoms. The summed E-state index contributed by atoms with van der Waals surface area (Å²) >= 11 is 0. The van der Waals surface area contributed by atoms with Crippen molar-refractivity contribution in [1.29, 1.82) is 0 Å². The van der Waals surface area contributed by atoms with Gasteiger partial charge in [-0.1, -0.05) is 18.2 Å². The Bertz CT molecular complexity index is 1470. The van der Waals surface area contributed by atoms with Gasteiger partial charge in [0.05, 0.1) is 39.5 Å². The van der Waals surface area contributed by atoms with E-state index < -0.39 is 0 Å². The van der Waals surface area contributed by atoms with Crippen LogP contribution in [0.25, 0.3) is 32.8 Å². The Labute approximate surface area is 208 Å². The molecule has 0 aliphatic rings. The molecule has 178 valence electrons. The topological polar surface area (TPSA) is 87.9 Å². The van der Waals surface area contributed by atoms with Crippen LogP contribution in [0.15, 0.2) is 53.2 Å². The monoisotopic (exact) mass is 503 g/mol. The van der Waals surface area contributed by atoms with Crippen LogP contribution in [0.4, 0.5) is 11.5 Å². The van der Waals surface area contributed by atoms with Crippen molar-refractivity contribution in [2.75, 3.05) is 33.8 Å². The Morgan fingerprint density at radius 2 is 1.44 bits per heavy atom. The van der Waals surface area contributed by atoms with E-state index in [-0.39, 0.29) is 24.8 Å². The van der Waals surface area contributed by atoms with Crippen molar-refractivity contribution < 1.29 is 23.4 Å². The maximum Gasteiger partial charge on any atom is 0.205 e. The molecule has 8 nitrogen and oxygen atoms in total. The second-order valence-corrected chi connectivity index (χ2v) is 7.04. The van der Waals surface area contributed by atoms with Crippen molar-refractivity contribution in [3.63, 3.8) is 0 Å². The van der Waals surface area contributed by atoms with E-state index in [1.807, 2.05) is 42.5 Å². The third kappa shape index (κ3) is 3.95. The number of ether oxygens (including phenoxy) is 4. The van der Waals surface area contributed by atoms with E-state index >= 15 is 0 Å². The number of halogens is 2. The smallest absolute Gasteiger partial charge is 0.205 e. The van der Waals surface area contributed by atoms with Gasteiger partial charge in [-0.05, 0) is 18.2 Å². The highest BCUT2D eigenvalue weighted by Crippen LogP contribution is 2.45. The van der Waals surface area contributed by atoms with Crippen LogP contribution in [0.5, 0.6) is 23.0 Å². The number of fused-ring (bicyclic) bond motifs is 4. The normalized spacial score (nSPS) is 10.5. The van der Waals surface area contributed by atoms with Crippen LogP contribution in [0.2, 0.25) is 0 Å². The number of para-hydroxylation sites is 1. The van der Waals surface area contributed by atoms with Crippen molar-refractivity contribution in [3.8, 4) is 23.0 Å². The van der Waals surface area contributed by atoms with Gasteiger partial charge in [-0.2, -0.15) is 0 Å². The summed E-state index contributed by atoms with van der Waals surface area (Å²) in [6.45, 7) is 0. The van der Waals surface area contributed by atoms with E-state index in [0.717, 1.165) is 27.6 Å². The van der Waals surface area contributed by atoms with Gasteiger partial charge < -0.3 is 28.7 Å². The van der Waals surface area contributed by atoms with Crippen molar-refractivity contribution >= 4 is 69.2 Å². The fraction of sp³-hybridized carbons (Fsp3) is 0.167. The van der Waals surface area contributed by atoms with Gasteiger partial charge in [-0.15, -0.1) is 24.8 Å². The zero-order valence-electron chi connectivity index (χ0n) is 18.9.